The maximum absolute atomic E-state index is 12.6. The van der Waals surface area contributed by atoms with Gasteiger partial charge in [0.25, 0.3) is 5.91 Å². The molecule has 1 amide bonds. The number of benzene rings is 1. The smallest absolute Gasteiger partial charge is 0.254 e. The lowest BCUT2D eigenvalue weighted by molar-refractivity contribution is 0.0634. The average Bonchev–Trinajstić information content (AvgIpc) is 2.59. The molecule has 1 heterocycles. The van der Waals surface area contributed by atoms with Crippen molar-refractivity contribution in [2.45, 2.75) is 26.2 Å². The molecule has 1 aromatic rings. The Bertz CT molecular complexity index is 511. The number of ether oxygens (including phenoxy) is 1. The van der Waals surface area contributed by atoms with E-state index in [0.717, 1.165) is 63.3 Å². The lowest BCUT2D eigenvalue weighted by Gasteiger charge is -2.34. The Balaban J connectivity index is 1.84. The Kier molecular flexibility index (Phi) is 6.86. The molecule has 1 aliphatic rings. The van der Waals surface area contributed by atoms with E-state index < -0.39 is 0 Å². The Labute approximate surface area is 138 Å². The molecule has 23 heavy (non-hydrogen) atoms. The van der Waals surface area contributed by atoms with E-state index in [2.05, 4.69) is 4.90 Å². The van der Waals surface area contributed by atoms with Crippen LogP contribution in [0.4, 0.5) is 0 Å². The zero-order chi connectivity index (χ0) is 16.7. The monoisotopic (exact) mass is 320 g/mol. The minimum absolute atomic E-state index is 0.0863. The normalized spacial score (nSPS) is 15.7. The second-order valence-corrected chi connectivity index (χ2v) is 6.10. The van der Waals surface area contributed by atoms with Crippen LogP contribution in [0, 0.1) is 6.92 Å². The third-order valence-electron chi connectivity index (χ3n) is 4.45. The summed E-state index contributed by atoms with van der Waals surface area (Å²) in [7, 11) is 1.63. The highest BCUT2D eigenvalue weighted by Crippen LogP contribution is 2.20. The fourth-order valence-corrected chi connectivity index (χ4v) is 2.93. The minimum Gasteiger partial charge on any atom is -0.496 e. The van der Waals surface area contributed by atoms with Crippen LogP contribution in [0.1, 0.15) is 35.2 Å². The van der Waals surface area contributed by atoms with Crippen molar-refractivity contribution < 1.29 is 14.6 Å². The number of aliphatic hydroxyl groups excluding tert-OH is 1. The molecule has 1 fully saturated rings. The number of rotatable bonds is 7. The molecule has 1 aromatic carbocycles. The van der Waals surface area contributed by atoms with Crippen molar-refractivity contribution in [3.8, 4) is 5.75 Å². The predicted molar refractivity (Wildman–Crippen MR) is 91.0 cm³/mol. The summed E-state index contributed by atoms with van der Waals surface area (Å²) in [5, 5.41) is 8.80. The first-order chi connectivity index (χ1) is 11.2. The molecule has 0 radical (unpaired) electrons. The van der Waals surface area contributed by atoms with Crippen molar-refractivity contribution in [3.05, 3.63) is 29.3 Å². The molecule has 0 saturated carbocycles. The van der Waals surface area contributed by atoms with Crippen LogP contribution in [0.15, 0.2) is 18.2 Å². The molecule has 0 aliphatic carbocycles. The van der Waals surface area contributed by atoms with Crippen LogP contribution < -0.4 is 4.74 Å². The number of hydrogen-bond acceptors (Lipinski definition) is 4. The lowest BCUT2D eigenvalue weighted by Crippen LogP contribution is -2.48. The molecule has 2 rings (SSSR count). The molecule has 0 bridgehead atoms. The van der Waals surface area contributed by atoms with Gasteiger partial charge in [0.05, 0.1) is 7.11 Å². The summed E-state index contributed by atoms with van der Waals surface area (Å²) < 4.78 is 5.31. The molecule has 0 unspecified atom stereocenters. The number of carbonyl (C=O) groups is 1. The molecule has 0 atom stereocenters. The van der Waals surface area contributed by atoms with E-state index >= 15 is 0 Å². The van der Waals surface area contributed by atoms with E-state index in [4.69, 9.17) is 9.84 Å². The first kappa shape index (κ1) is 17.8. The highest BCUT2D eigenvalue weighted by atomic mass is 16.5. The SMILES string of the molecule is COc1cc(C(=O)N2CCN(CCCCCO)CC2)ccc1C. The van der Waals surface area contributed by atoms with Crippen LogP contribution in [0.5, 0.6) is 5.75 Å². The molecule has 5 heteroatoms. The molecular weight excluding hydrogens is 292 g/mol. The van der Waals surface area contributed by atoms with E-state index in [-0.39, 0.29) is 12.5 Å². The largest absolute Gasteiger partial charge is 0.496 e. The van der Waals surface area contributed by atoms with Crippen LogP contribution in [0.2, 0.25) is 0 Å². The van der Waals surface area contributed by atoms with Crippen molar-refractivity contribution in [1.29, 1.82) is 0 Å². The van der Waals surface area contributed by atoms with Gasteiger partial charge in [-0.05, 0) is 50.4 Å². The van der Waals surface area contributed by atoms with Gasteiger partial charge in [-0.3, -0.25) is 9.69 Å². The topological polar surface area (TPSA) is 53.0 Å². The number of carbonyl (C=O) groups excluding carboxylic acids is 1. The molecule has 128 valence electrons. The number of nitrogens with zero attached hydrogens (tertiary/aromatic N) is 2. The minimum atomic E-state index is 0.0863. The number of aliphatic hydroxyl groups is 1. The van der Waals surface area contributed by atoms with Gasteiger partial charge in [-0.25, -0.2) is 0 Å². The summed E-state index contributed by atoms with van der Waals surface area (Å²) in [5.74, 6) is 0.849. The van der Waals surface area contributed by atoms with Gasteiger partial charge in [0.1, 0.15) is 5.75 Å². The lowest BCUT2D eigenvalue weighted by atomic mass is 10.1. The summed E-state index contributed by atoms with van der Waals surface area (Å²) in [4.78, 5) is 16.9. The van der Waals surface area contributed by atoms with Gasteiger partial charge in [-0.1, -0.05) is 6.07 Å². The maximum Gasteiger partial charge on any atom is 0.254 e. The highest BCUT2D eigenvalue weighted by Gasteiger charge is 2.22. The Morgan fingerprint density at radius 2 is 1.91 bits per heavy atom. The van der Waals surface area contributed by atoms with Gasteiger partial charge in [0, 0.05) is 38.3 Å². The van der Waals surface area contributed by atoms with Crippen molar-refractivity contribution in [2.24, 2.45) is 0 Å². The van der Waals surface area contributed by atoms with E-state index in [1.807, 2.05) is 30.0 Å². The maximum atomic E-state index is 12.6. The number of unbranched alkanes of at least 4 members (excludes halogenated alkanes) is 2. The fourth-order valence-electron chi connectivity index (χ4n) is 2.93. The summed E-state index contributed by atoms with van der Waals surface area (Å²) in [6, 6.07) is 5.64. The standard InChI is InChI=1S/C18H28N2O3/c1-15-6-7-16(14-17(15)23-2)18(22)20-11-9-19(10-12-20)8-4-3-5-13-21/h6-7,14,21H,3-5,8-13H2,1-2H3. The van der Waals surface area contributed by atoms with E-state index in [1.54, 1.807) is 7.11 Å². The fraction of sp³-hybridized carbons (Fsp3) is 0.611. The summed E-state index contributed by atoms with van der Waals surface area (Å²) in [6.07, 6.45) is 3.07. The van der Waals surface area contributed by atoms with Crippen LogP contribution >= 0.6 is 0 Å². The molecule has 1 aliphatic heterocycles. The Morgan fingerprint density at radius 3 is 2.57 bits per heavy atom. The predicted octanol–water partition coefficient (Wildman–Crippen LogP) is 1.92. The van der Waals surface area contributed by atoms with E-state index in [0.29, 0.717) is 5.56 Å². The van der Waals surface area contributed by atoms with Crippen molar-refractivity contribution in [3.63, 3.8) is 0 Å². The molecular formula is C18H28N2O3. The van der Waals surface area contributed by atoms with E-state index in [1.165, 1.54) is 0 Å². The zero-order valence-corrected chi connectivity index (χ0v) is 14.3. The summed E-state index contributed by atoms with van der Waals surface area (Å²) in [5.41, 5.74) is 1.74. The summed E-state index contributed by atoms with van der Waals surface area (Å²) >= 11 is 0. The second-order valence-electron chi connectivity index (χ2n) is 6.10. The van der Waals surface area contributed by atoms with Crippen molar-refractivity contribution >= 4 is 5.91 Å². The number of hydrogen-bond donors (Lipinski definition) is 1. The van der Waals surface area contributed by atoms with Gasteiger partial charge >= 0.3 is 0 Å². The van der Waals surface area contributed by atoms with Crippen molar-refractivity contribution in [2.75, 3.05) is 46.4 Å². The van der Waals surface area contributed by atoms with Crippen molar-refractivity contribution in [1.82, 2.24) is 9.80 Å². The van der Waals surface area contributed by atoms with Crippen LogP contribution in [-0.2, 0) is 0 Å². The molecule has 1 N–H and O–H groups in total. The number of methoxy groups -OCH3 is 1. The second kappa shape index (κ2) is 8.89. The Morgan fingerprint density at radius 1 is 1.17 bits per heavy atom. The van der Waals surface area contributed by atoms with E-state index in [9.17, 15) is 4.79 Å². The van der Waals surface area contributed by atoms with Crippen LogP contribution in [0.3, 0.4) is 0 Å². The Hall–Kier alpha value is -1.59. The third kappa shape index (κ3) is 4.94. The van der Waals surface area contributed by atoms with Crippen LogP contribution in [-0.4, -0.2) is 67.3 Å². The average molecular weight is 320 g/mol. The zero-order valence-electron chi connectivity index (χ0n) is 14.3. The van der Waals surface area contributed by atoms with Gasteiger partial charge in [0.15, 0.2) is 0 Å². The van der Waals surface area contributed by atoms with Gasteiger partial charge in [0.2, 0.25) is 0 Å². The number of aryl methyl sites for hydroxylation is 1. The van der Waals surface area contributed by atoms with Crippen LogP contribution in [0.25, 0.3) is 0 Å². The third-order valence-corrected chi connectivity index (χ3v) is 4.45. The first-order valence-corrected chi connectivity index (χ1v) is 8.43. The number of piperazine rings is 1. The molecule has 0 spiro atoms. The molecule has 0 aromatic heterocycles. The first-order valence-electron chi connectivity index (χ1n) is 8.43. The highest BCUT2D eigenvalue weighted by molar-refractivity contribution is 5.94. The molecule has 1 saturated heterocycles. The quantitative estimate of drug-likeness (QED) is 0.780. The van der Waals surface area contributed by atoms with Gasteiger partial charge < -0.3 is 14.7 Å². The van der Waals surface area contributed by atoms with Gasteiger partial charge in [-0.2, -0.15) is 0 Å². The van der Waals surface area contributed by atoms with Gasteiger partial charge in [-0.15, -0.1) is 0 Å². The molecule has 5 nitrogen and oxygen atoms in total. The number of amides is 1. The summed E-state index contributed by atoms with van der Waals surface area (Å²) in [6.45, 7) is 6.71.